The Balaban J connectivity index is 1.50. The van der Waals surface area contributed by atoms with Crippen molar-refractivity contribution in [3.63, 3.8) is 0 Å². The molecule has 0 bridgehead atoms. The molecule has 2 N–H and O–H groups in total. The van der Waals surface area contributed by atoms with E-state index in [0.29, 0.717) is 0 Å². The number of urea groups is 1. The lowest BCUT2D eigenvalue weighted by Gasteiger charge is -2.30. The Hall–Kier alpha value is -1.03. The van der Waals surface area contributed by atoms with Crippen molar-refractivity contribution in [2.75, 3.05) is 32.7 Å². The highest BCUT2D eigenvalue weighted by molar-refractivity contribution is 5.73. The molecule has 1 aliphatic carbocycles. The zero-order chi connectivity index (χ0) is 14.9. The molecule has 0 aromatic carbocycles. The van der Waals surface area contributed by atoms with E-state index in [1.54, 1.807) is 0 Å². The van der Waals surface area contributed by atoms with E-state index in [4.69, 9.17) is 0 Å². The summed E-state index contributed by atoms with van der Waals surface area (Å²) in [7, 11) is 0. The summed E-state index contributed by atoms with van der Waals surface area (Å²) in [4.78, 5) is 14.2. The molecule has 1 unspecified atom stereocenters. The fraction of sp³-hybridized carbons (Fsp3) is 0.824. The Bertz CT molecular complexity index is 354. The lowest BCUT2D eigenvalue weighted by atomic mass is 9.97. The van der Waals surface area contributed by atoms with Crippen LogP contribution in [0.15, 0.2) is 11.6 Å². The van der Waals surface area contributed by atoms with Crippen LogP contribution < -0.4 is 10.6 Å². The summed E-state index contributed by atoms with van der Waals surface area (Å²) in [5.41, 5.74) is 1.52. The molecule has 120 valence electrons. The molecule has 4 heteroatoms. The number of hydrogen-bond acceptors (Lipinski definition) is 2. The molecule has 1 saturated heterocycles. The number of rotatable bonds is 6. The number of likely N-dealkylation sites (tertiary alicyclic amines) is 1. The summed E-state index contributed by atoms with van der Waals surface area (Å²) in [5, 5.41) is 5.94. The summed E-state index contributed by atoms with van der Waals surface area (Å²) in [5.74, 6) is 0.802. The number of piperidine rings is 1. The monoisotopic (exact) mass is 293 g/mol. The maximum absolute atomic E-state index is 11.7. The third-order valence-electron chi connectivity index (χ3n) is 4.57. The van der Waals surface area contributed by atoms with Gasteiger partial charge in [-0.3, -0.25) is 0 Å². The highest BCUT2D eigenvalue weighted by Crippen LogP contribution is 2.19. The van der Waals surface area contributed by atoms with Gasteiger partial charge in [-0.05, 0) is 57.4 Å². The minimum absolute atomic E-state index is 0.0172. The first-order valence-corrected chi connectivity index (χ1v) is 8.66. The van der Waals surface area contributed by atoms with Crippen LogP contribution in [0, 0.1) is 5.92 Å². The second-order valence-electron chi connectivity index (χ2n) is 6.59. The summed E-state index contributed by atoms with van der Waals surface area (Å²) in [6.07, 6.45) is 11.1. The molecule has 21 heavy (non-hydrogen) atoms. The Morgan fingerprint density at radius 3 is 2.90 bits per heavy atom. The van der Waals surface area contributed by atoms with Crippen LogP contribution in [0.25, 0.3) is 0 Å². The second kappa shape index (κ2) is 9.08. The highest BCUT2D eigenvalue weighted by atomic mass is 16.2. The zero-order valence-corrected chi connectivity index (χ0v) is 13.5. The van der Waals surface area contributed by atoms with Gasteiger partial charge in [0.05, 0.1) is 0 Å². The number of nitrogens with one attached hydrogen (secondary N) is 2. The van der Waals surface area contributed by atoms with Crippen molar-refractivity contribution in [1.82, 2.24) is 15.5 Å². The van der Waals surface area contributed by atoms with Crippen LogP contribution in [0.4, 0.5) is 4.79 Å². The summed E-state index contributed by atoms with van der Waals surface area (Å²) < 4.78 is 0. The molecule has 1 heterocycles. The van der Waals surface area contributed by atoms with Crippen molar-refractivity contribution in [1.29, 1.82) is 0 Å². The zero-order valence-electron chi connectivity index (χ0n) is 13.5. The highest BCUT2D eigenvalue weighted by Gasteiger charge is 2.15. The Labute approximate surface area is 129 Å². The van der Waals surface area contributed by atoms with Crippen molar-refractivity contribution in [2.24, 2.45) is 5.92 Å². The molecule has 2 rings (SSSR count). The Morgan fingerprint density at radius 1 is 1.29 bits per heavy atom. The lowest BCUT2D eigenvalue weighted by molar-refractivity contribution is 0.184. The average Bonchev–Trinajstić information content (AvgIpc) is 2.48. The molecule has 0 spiro atoms. The van der Waals surface area contributed by atoms with Gasteiger partial charge in [0.15, 0.2) is 0 Å². The van der Waals surface area contributed by atoms with Gasteiger partial charge in [-0.15, -0.1) is 0 Å². The standard InChI is InChI=1S/C17H31N3O/c1-15-6-5-12-20(14-15)13-11-19-17(21)18-10-9-16-7-3-2-4-8-16/h7,15H,2-6,8-14H2,1H3,(H2,18,19,21). The van der Waals surface area contributed by atoms with Crippen LogP contribution in [-0.4, -0.2) is 43.7 Å². The smallest absolute Gasteiger partial charge is 0.314 e. The molecule has 0 saturated carbocycles. The van der Waals surface area contributed by atoms with E-state index in [-0.39, 0.29) is 6.03 Å². The molecule has 0 aromatic heterocycles. The predicted molar refractivity (Wildman–Crippen MR) is 87.4 cm³/mol. The maximum Gasteiger partial charge on any atom is 0.314 e. The van der Waals surface area contributed by atoms with Gasteiger partial charge in [0.1, 0.15) is 0 Å². The molecule has 0 radical (unpaired) electrons. The van der Waals surface area contributed by atoms with Crippen molar-refractivity contribution in [2.45, 2.75) is 51.9 Å². The van der Waals surface area contributed by atoms with Gasteiger partial charge in [0.2, 0.25) is 0 Å². The quantitative estimate of drug-likeness (QED) is 0.740. The molecule has 4 nitrogen and oxygen atoms in total. The fourth-order valence-corrected chi connectivity index (χ4v) is 3.35. The van der Waals surface area contributed by atoms with Gasteiger partial charge in [-0.25, -0.2) is 4.79 Å². The first kappa shape index (κ1) is 16.3. The molecule has 2 amide bonds. The van der Waals surface area contributed by atoms with Crippen LogP contribution in [-0.2, 0) is 0 Å². The van der Waals surface area contributed by atoms with E-state index in [9.17, 15) is 4.79 Å². The molecule has 1 atom stereocenters. The second-order valence-corrected chi connectivity index (χ2v) is 6.59. The van der Waals surface area contributed by atoms with E-state index < -0.39 is 0 Å². The third-order valence-corrected chi connectivity index (χ3v) is 4.57. The summed E-state index contributed by atoms with van der Waals surface area (Å²) >= 11 is 0. The molecule has 1 fully saturated rings. The van der Waals surface area contributed by atoms with Crippen molar-refractivity contribution in [3.8, 4) is 0 Å². The first-order valence-electron chi connectivity index (χ1n) is 8.66. The first-order chi connectivity index (χ1) is 10.2. The SMILES string of the molecule is CC1CCCN(CCNC(=O)NCCC2=CCCCC2)C1. The molecule has 2 aliphatic rings. The third kappa shape index (κ3) is 6.51. The van der Waals surface area contributed by atoms with Crippen LogP contribution >= 0.6 is 0 Å². The van der Waals surface area contributed by atoms with E-state index in [0.717, 1.165) is 32.0 Å². The van der Waals surface area contributed by atoms with Gasteiger partial charge in [0, 0.05) is 26.2 Å². The lowest BCUT2D eigenvalue weighted by Crippen LogP contribution is -2.43. The van der Waals surface area contributed by atoms with Gasteiger partial charge in [0.25, 0.3) is 0 Å². The Morgan fingerprint density at radius 2 is 2.14 bits per heavy atom. The van der Waals surface area contributed by atoms with E-state index in [1.165, 1.54) is 57.2 Å². The van der Waals surface area contributed by atoms with Crippen molar-refractivity contribution < 1.29 is 4.79 Å². The fourth-order valence-electron chi connectivity index (χ4n) is 3.35. The molecular weight excluding hydrogens is 262 g/mol. The minimum Gasteiger partial charge on any atom is -0.338 e. The van der Waals surface area contributed by atoms with E-state index >= 15 is 0 Å². The van der Waals surface area contributed by atoms with Crippen LogP contribution in [0.5, 0.6) is 0 Å². The van der Waals surface area contributed by atoms with Gasteiger partial charge in [-0.1, -0.05) is 18.6 Å². The van der Waals surface area contributed by atoms with Gasteiger partial charge >= 0.3 is 6.03 Å². The topological polar surface area (TPSA) is 44.4 Å². The number of nitrogens with zero attached hydrogens (tertiary/aromatic N) is 1. The molecular formula is C17H31N3O. The largest absolute Gasteiger partial charge is 0.338 e. The predicted octanol–water partition coefficient (Wildman–Crippen LogP) is 2.91. The van der Waals surface area contributed by atoms with Gasteiger partial charge in [-0.2, -0.15) is 0 Å². The van der Waals surface area contributed by atoms with Crippen LogP contribution in [0.1, 0.15) is 51.9 Å². The number of hydrogen-bond donors (Lipinski definition) is 2. The van der Waals surface area contributed by atoms with E-state index in [2.05, 4.69) is 28.5 Å². The van der Waals surface area contributed by atoms with Gasteiger partial charge < -0.3 is 15.5 Å². The molecule has 0 aromatic rings. The number of amides is 2. The van der Waals surface area contributed by atoms with Crippen LogP contribution in [0.2, 0.25) is 0 Å². The maximum atomic E-state index is 11.7. The normalized spacial score (nSPS) is 23.5. The van der Waals surface area contributed by atoms with Crippen LogP contribution in [0.3, 0.4) is 0 Å². The van der Waals surface area contributed by atoms with Crippen molar-refractivity contribution in [3.05, 3.63) is 11.6 Å². The summed E-state index contributed by atoms with van der Waals surface area (Å²) in [6.45, 7) is 7.16. The average molecular weight is 293 g/mol. The van der Waals surface area contributed by atoms with E-state index in [1.807, 2.05) is 0 Å². The van der Waals surface area contributed by atoms with Crippen molar-refractivity contribution >= 4 is 6.03 Å². The Kier molecular flexibility index (Phi) is 7.07. The number of carbonyl (C=O) groups excluding carboxylic acids is 1. The summed E-state index contributed by atoms with van der Waals surface area (Å²) in [6, 6.07) is -0.0172. The molecule has 1 aliphatic heterocycles. The minimum atomic E-state index is -0.0172. The number of carbonyl (C=O) groups is 1. The number of allylic oxidation sites excluding steroid dienone is 1.